The van der Waals surface area contributed by atoms with Gasteiger partial charge >= 0.3 is 6.03 Å². The molecule has 0 fully saturated rings. The highest BCUT2D eigenvalue weighted by molar-refractivity contribution is 6.00. The Morgan fingerprint density at radius 2 is 1.85 bits per heavy atom. The van der Waals surface area contributed by atoms with E-state index in [1.54, 1.807) is 36.4 Å². The second-order valence-corrected chi connectivity index (χ2v) is 4.34. The van der Waals surface area contributed by atoms with E-state index in [1.807, 2.05) is 19.1 Å². The van der Waals surface area contributed by atoms with Crippen LogP contribution in [0.25, 0.3) is 0 Å². The molecule has 5 heteroatoms. The van der Waals surface area contributed by atoms with Crippen LogP contribution in [-0.4, -0.2) is 6.03 Å². The molecule has 2 aromatic rings. The predicted octanol–water partition coefficient (Wildman–Crippen LogP) is 3.09. The number of nitrogens with zero attached hydrogens (tertiary/aromatic N) is 1. The molecule has 2 amide bonds. The fourth-order valence-corrected chi connectivity index (χ4v) is 1.68. The average Bonchev–Trinajstić information content (AvgIpc) is 2.43. The largest absolute Gasteiger partial charge is 0.398 e. The quantitative estimate of drug-likeness (QED) is 0.729. The average molecular weight is 266 g/mol. The van der Waals surface area contributed by atoms with Gasteiger partial charge in [-0.3, -0.25) is 0 Å². The van der Waals surface area contributed by atoms with E-state index in [4.69, 9.17) is 11.0 Å². The van der Waals surface area contributed by atoms with Gasteiger partial charge in [-0.05, 0) is 42.8 Å². The number of amides is 2. The maximum atomic E-state index is 11.8. The first kappa shape index (κ1) is 13.4. The number of anilines is 3. The van der Waals surface area contributed by atoms with Crippen molar-refractivity contribution in [2.45, 2.75) is 6.92 Å². The summed E-state index contributed by atoms with van der Waals surface area (Å²) >= 11 is 0. The number of hydrogen-bond donors (Lipinski definition) is 3. The number of carbonyl (C=O) groups is 1. The van der Waals surface area contributed by atoms with E-state index >= 15 is 0 Å². The summed E-state index contributed by atoms with van der Waals surface area (Å²) < 4.78 is 0. The van der Waals surface area contributed by atoms with Crippen molar-refractivity contribution < 1.29 is 4.79 Å². The molecule has 0 radical (unpaired) electrons. The highest BCUT2D eigenvalue weighted by atomic mass is 16.2. The summed E-state index contributed by atoms with van der Waals surface area (Å²) in [6.45, 7) is 1.90. The Labute approximate surface area is 117 Å². The van der Waals surface area contributed by atoms with Crippen LogP contribution >= 0.6 is 0 Å². The molecule has 0 aromatic heterocycles. The van der Waals surface area contributed by atoms with Crippen LogP contribution in [0.1, 0.15) is 11.1 Å². The molecule has 0 heterocycles. The number of aryl methyl sites for hydroxylation is 1. The molecule has 20 heavy (non-hydrogen) atoms. The van der Waals surface area contributed by atoms with Crippen LogP contribution in [-0.2, 0) is 0 Å². The number of hydrogen-bond acceptors (Lipinski definition) is 3. The molecule has 0 aliphatic rings. The topological polar surface area (TPSA) is 90.9 Å². The lowest BCUT2D eigenvalue weighted by Crippen LogP contribution is -2.19. The molecule has 2 rings (SSSR count). The van der Waals surface area contributed by atoms with Gasteiger partial charge in [0.1, 0.15) is 0 Å². The predicted molar refractivity (Wildman–Crippen MR) is 79.4 cm³/mol. The zero-order chi connectivity index (χ0) is 14.5. The minimum Gasteiger partial charge on any atom is -0.398 e. The fourth-order valence-electron chi connectivity index (χ4n) is 1.68. The van der Waals surface area contributed by atoms with Gasteiger partial charge in [-0.25, -0.2) is 4.79 Å². The maximum Gasteiger partial charge on any atom is 0.323 e. The van der Waals surface area contributed by atoms with Crippen molar-refractivity contribution in [1.29, 1.82) is 5.26 Å². The molecule has 0 atom stereocenters. The van der Waals surface area contributed by atoms with Crippen LogP contribution in [0.5, 0.6) is 0 Å². The number of nitrogen functional groups attached to an aromatic ring is 1. The van der Waals surface area contributed by atoms with Crippen molar-refractivity contribution in [3.05, 3.63) is 53.6 Å². The molecular formula is C15H14N4O. The van der Waals surface area contributed by atoms with Crippen molar-refractivity contribution in [1.82, 2.24) is 0 Å². The fraction of sp³-hybridized carbons (Fsp3) is 0.0667. The third-order valence-electron chi connectivity index (χ3n) is 2.79. The molecule has 0 aliphatic carbocycles. The van der Waals surface area contributed by atoms with E-state index < -0.39 is 0 Å². The molecule has 0 unspecified atom stereocenters. The minimum atomic E-state index is -0.386. The molecule has 0 bridgehead atoms. The van der Waals surface area contributed by atoms with Gasteiger partial charge in [0.25, 0.3) is 0 Å². The summed E-state index contributed by atoms with van der Waals surface area (Å²) in [5.41, 5.74) is 9.01. The Balaban J connectivity index is 2.05. The van der Waals surface area contributed by atoms with Gasteiger partial charge in [0.15, 0.2) is 0 Å². The Morgan fingerprint density at radius 1 is 1.15 bits per heavy atom. The first-order valence-corrected chi connectivity index (χ1v) is 6.03. The Morgan fingerprint density at radius 3 is 2.50 bits per heavy atom. The first-order valence-electron chi connectivity index (χ1n) is 6.03. The number of nitrogens with one attached hydrogen (secondary N) is 2. The number of rotatable bonds is 2. The molecular weight excluding hydrogens is 252 g/mol. The Kier molecular flexibility index (Phi) is 3.87. The van der Waals surface area contributed by atoms with E-state index in [-0.39, 0.29) is 6.03 Å². The summed E-state index contributed by atoms with van der Waals surface area (Å²) in [5.74, 6) is 0. The molecule has 0 saturated carbocycles. The zero-order valence-corrected chi connectivity index (χ0v) is 11.0. The highest BCUT2D eigenvalue weighted by Gasteiger charge is 2.04. The van der Waals surface area contributed by atoms with Gasteiger partial charge < -0.3 is 16.4 Å². The first-order chi connectivity index (χ1) is 9.58. The van der Waals surface area contributed by atoms with Crippen molar-refractivity contribution >= 4 is 23.1 Å². The van der Waals surface area contributed by atoms with Gasteiger partial charge in [0.2, 0.25) is 0 Å². The van der Waals surface area contributed by atoms with E-state index in [2.05, 4.69) is 10.6 Å². The molecule has 2 aromatic carbocycles. The van der Waals surface area contributed by atoms with Crippen LogP contribution in [0.3, 0.4) is 0 Å². The van der Waals surface area contributed by atoms with Crippen LogP contribution in [0, 0.1) is 18.3 Å². The van der Waals surface area contributed by atoms with Crippen molar-refractivity contribution in [3.8, 4) is 6.07 Å². The highest BCUT2D eigenvalue weighted by Crippen LogP contribution is 2.17. The van der Waals surface area contributed by atoms with E-state index in [0.717, 1.165) is 5.56 Å². The smallest absolute Gasteiger partial charge is 0.323 e. The Bertz CT molecular complexity index is 689. The minimum absolute atomic E-state index is 0.386. The molecule has 4 N–H and O–H groups in total. The Hall–Kier alpha value is -3.00. The summed E-state index contributed by atoms with van der Waals surface area (Å²) in [7, 11) is 0. The molecule has 0 saturated heterocycles. The number of urea groups is 1. The normalized spacial score (nSPS) is 9.60. The maximum absolute atomic E-state index is 11.8. The van der Waals surface area contributed by atoms with E-state index in [9.17, 15) is 4.79 Å². The number of benzene rings is 2. The van der Waals surface area contributed by atoms with Crippen LogP contribution < -0.4 is 16.4 Å². The van der Waals surface area contributed by atoms with Gasteiger partial charge in [-0.2, -0.15) is 5.26 Å². The van der Waals surface area contributed by atoms with Crippen molar-refractivity contribution in [2.24, 2.45) is 0 Å². The molecule has 100 valence electrons. The zero-order valence-electron chi connectivity index (χ0n) is 11.0. The standard InChI is InChI=1S/C15H14N4O/c1-10-5-6-13(8-14(10)17)19-15(20)18-12-4-2-3-11(7-12)9-16/h2-8H,17H2,1H3,(H2,18,19,20). The van der Waals surface area contributed by atoms with Gasteiger partial charge in [-0.15, -0.1) is 0 Å². The molecule has 0 aliphatic heterocycles. The lowest BCUT2D eigenvalue weighted by atomic mass is 10.2. The number of carbonyl (C=O) groups excluding carboxylic acids is 1. The monoisotopic (exact) mass is 266 g/mol. The lowest BCUT2D eigenvalue weighted by molar-refractivity contribution is 0.262. The van der Waals surface area contributed by atoms with Crippen molar-refractivity contribution in [2.75, 3.05) is 16.4 Å². The summed E-state index contributed by atoms with van der Waals surface area (Å²) in [5, 5.41) is 14.1. The van der Waals surface area contributed by atoms with Crippen LogP contribution in [0.15, 0.2) is 42.5 Å². The molecule has 0 spiro atoms. The number of nitrogens with two attached hydrogens (primary N) is 1. The summed E-state index contributed by atoms with van der Waals surface area (Å²) in [4.78, 5) is 11.8. The third-order valence-corrected chi connectivity index (χ3v) is 2.79. The second kappa shape index (κ2) is 5.76. The molecule has 5 nitrogen and oxygen atoms in total. The van der Waals surface area contributed by atoms with E-state index in [0.29, 0.717) is 22.6 Å². The van der Waals surface area contributed by atoms with Gasteiger partial charge in [0, 0.05) is 17.1 Å². The third kappa shape index (κ3) is 3.27. The lowest BCUT2D eigenvalue weighted by Gasteiger charge is -2.09. The number of nitriles is 1. The van der Waals surface area contributed by atoms with Crippen molar-refractivity contribution in [3.63, 3.8) is 0 Å². The van der Waals surface area contributed by atoms with Crippen LogP contribution in [0.2, 0.25) is 0 Å². The van der Waals surface area contributed by atoms with Gasteiger partial charge in [-0.1, -0.05) is 12.1 Å². The SMILES string of the molecule is Cc1ccc(NC(=O)Nc2cccc(C#N)c2)cc1N. The summed E-state index contributed by atoms with van der Waals surface area (Å²) in [6, 6.07) is 13.6. The summed E-state index contributed by atoms with van der Waals surface area (Å²) in [6.07, 6.45) is 0. The van der Waals surface area contributed by atoms with Gasteiger partial charge in [0.05, 0.1) is 11.6 Å². The van der Waals surface area contributed by atoms with Crippen LogP contribution in [0.4, 0.5) is 21.9 Å². The second-order valence-electron chi connectivity index (χ2n) is 4.34. The van der Waals surface area contributed by atoms with E-state index in [1.165, 1.54) is 0 Å².